The lowest BCUT2D eigenvalue weighted by Crippen LogP contribution is -2.22. The van der Waals surface area contributed by atoms with Gasteiger partial charge in [0.15, 0.2) is 15.6 Å². The van der Waals surface area contributed by atoms with Gasteiger partial charge in [0.2, 0.25) is 0 Å². The Morgan fingerprint density at radius 2 is 1.71 bits per heavy atom. The minimum Gasteiger partial charge on any atom is -0.455 e. The first kappa shape index (κ1) is 19.9. The van der Waals surface area contributed by atoms with Crippen molar-refractivity contribution >= 4 is 15.7 Å². The van der Waals surface area contributed by atoms with Crippen molar-refractivity contribution in [3.8, 4) is 0 Å². The van der Waals surface area contributed by atoms with Gasteiger partial charge in [-0.2, -0.15) is 0 Å². The summed E-state index contributed by atoms with van der Waals surface area (Å²) in [6.07, 6.45) is -0.544. The molecule has 2 N–H and O–H groups in total. The largest absolute Gasteiger partial charge is 0.455 e. The third-order valence-corrected chi connectivity index (χ3v) is 5.89. The Bertz CT molecular complexity index is 1040. The molecule has 1 heterocycles. The van der Waals surface area contributed by atoms with E-state index in [1.54, 1.807) is 37.3 Å². The second-order valence-corrected chi connectivity index (χ2v) is 8.43. The molecule has 0 unspecified atom stereocenters. The van der Waals surface area contributed by atoms with Gasteiger partial charge in [-0.3, -0.25) is 4.79 Å². The normalized spacial score (nSPS) is 12.5. The second-order valence-electron chi connectivity index (χ2n) is 6.44. The van der Waals surface area contributed by atoms with Crippen molar-refractivity contribution in [1.82, 2.24) is 5.32 Å². The molecule has 28 heavy (non-hydrogen) atoms. The summed E-state index contributed by atoms with van der Waals surface area (Å²) in [7, 11) is -3.54. The molecule has 0 radical (unpaired) electrons. The van der Waals surface area contributed by atoms with Crippen LogP contribution in [0.2, 0.25) is 0 Å². The molecule has 7 heteroatoms. The van der Waals surface area contributed by atoms with Crippen molar-refractivity contribution in [3.63, 3.8) is 0 Å². The summed E-state index contributed by atoms with van der Waals surface area (Å²) >= 11 is 0. The molecular formula is C21H21NO5S. The molecule has 0 aliphatic rings. The molecule has 3 aromatic rings. The second kappa shape index (κ2) is 8.41. The summed E-state index contributed by atoms with van der Waals surface area (Å²) in [6.45, 7) is 1.97. The molecule has 0 saturated carbocycles. The highest BCUT2D eigenvalue weighted by molar-refractivity contribution is 7.90. The molecule has 1 aromatic heterocycles. The molecule has 2 aromatic carbocycles. The number of amides is 1. The van der Waals surface area contributed by atoms with E-state index in [1.165, 1.54) is 24.3 Å². The molecule has 0 bridgehead atoms. The van der Waals surface area contributed by atoms with Crippen LogP contribution < -0.4 is 5.32 Å². The zero-order chi connectivity index (χ0) is 20.1. The van der Waals surface area contributed by atoms with Gasteiger partial charge >= 0.3 is 0 Å². The smallest absolute Gasteiger partial charge is 0.287 e. The Morgan fingerprint density at radius 3 is 2.36 bits per heavy atom. The molecular weight excluding hydrogens is 378 g/mol. The predicted octanol–water partition coefficient (Wildman–Crippen LogP) is 3.24. The minimum absolute atomic E-state index is 0.0545. The number of hydrogen-bond donors (Lipinski definition) is 2. The lowest BCUT2D eigenvalue weighted by atomic mass is 10.1. The molecule has 1 atom stereocenters. The van der Waals surface area contributed by atoms with Gasteiger partial charge in [0, 0.05) is 6.54 Å². The summed E-state index contributed by atoms with van der Waals surface area (Å²) in [5.74, 6) is -0.484. The first-order chi connectivity index (χ1) is 13.3. The Morgan fingerprint density at radius 1 is 1.04 bits per heavy atom. The summed E-state index contributed by atoms with van der Waals surface area (Å²) in [6, 6.07) is 18.3. The number of carbonyl (C=O) groups is 1. The van der Waals surface area contributed by atoms with Gasteiger partial charge in [0.1, 0.15) is 11.5 Å². The van der Waals surface area contributed by atoms with Crippen molar-refractivity contribution < 1.29 is 22.7 Å². The highest BCUT2D eigenvalue weighted by atomic mass is 32.2. The molecule has 0 saturated heterocycles. The van der Waals surface area contributed by atoms with Crippen LogP contribution in [-0.4, -0.2) is 19.4 Å². The maximum absolute atomic E-state index is 12.4. The zero-order valence-electron chi connectivity index (χ0n) is 15.3. The average Bonchev–Trinajstić information content (AvgIpc) is 3.15. The molecule has 0 fully saturated rings. The van der Waals surface area contributed by atoms with Crippen LogP contribution in [0.1, 0.15) is 40.5 Å². The van der Waals surface area contributed by atoms with E-state index >= 15 is 0 Å². The summed E-state index contributed by atoms with van der Waals surface area (Å²) in [4.78, 5) is 12.5. The van der Waals surface area contributed by atoms with Crippen molar-refractivity contribution in [2.24, 2.45) is 0 Å². The molecule has 0 aliphatic carbocycles. The number of sulfone groups is 1. The third kappa shape index (κ3) is 4.88. The van der Waals surface area contributed by atoms with Gasteiger partial charge in [-0.1, -0.05) is 42.5 Å². The van der Waals surface area contributed by atoms with Gasteiger partial charge in [0.25, 0.3) is 5.91 Å². The fourth-order valence-electron chi connectivity index (χ4n) is 2.66. The van der Waals surface area contributed by atoms with Crippen LogP contribution in [0.25, 0.3) is 0 Å². The maximum atomic E-state index is 12.4. The molecule has 6 nitrogen and oxygen atoms in total. The van der Waals surface area contributed by atoms with Crippen LogP contribution in [-0.2, 0) is 22.1 Å². The van der Waals surface area contributed by atoms with E-state index in [1.807, 2.05) is 12.1 Å². The van der Waals surface area contributed by atoms with Crippen LogP contribution in [0.3, 0.4) is 0 Å². The summed E-state index contributed by atoms with van der Waals surface area (Å²) in [5, 5.41) is 12.2. The Kier molecular flexibility index (Phi) is 5.96. The van der Waals surface area contributed by atoms with Crippen LogP contribution in [0, 0.1) is 0 Å². The van der Waals surface area contributed by atoms with E-state index in [9.17, 15) is 18.3 Å². The average molecular weight is 399 g/mol. The molecule has 146 valence electrons. The van der Waals surface area contributed by atoms with Gasteiger partial charge < -0.3 is 14.8 Å². The van der Waals surface area contributed by atoms with Crippen LogP contribution in [0.5, 0.6) is 0 Å². The summed E-state index contributed by atoms with van der Waals surface area (Å²) < 4.78 is 30.2. The zero-order valence-corrected chi connectivity index (χ0v) is 16.1. The Labute approximate surface area is 163 Å². The quantitative estimate of drug-likeness (QED) is 0.636. The maximum Gasteiger partial charge on any atom is 0.287 e. The van der Waals surface area contributed by atoms with E-state index in [2.05, 4.69) is 5.32 Å². The van der Waals surface area contributed by atoms with Crippen molar-refractivity contribution in [1.29, 1.82) is 0 Å². The number of rotatable bonds is 7. The van der Waals surface area contributed by atoms with Crippen LogP contribution >= 0.6 is 0 Å². The summed E-state index contributed by atoms with van der Waals surface area (Å²) in [5.41, 5.74) is 1.67. The SMILES string of the molecule is C[C@@H](O)c1ccc(CNC(=O)c2ccc(CS(=O)(=O)c3ccccc3)o2)cc1. The standard InChI is InChI=1S/C21H21NO5S/c1-15(23)17-9-7-16(8-10-17)13-22-21(24)20-12-11-18(27-20)14-28(25,26)19-5-3-2-4-6-19/h2-12,15,23H,13-14H2,1H3,(H,22,24)/t15-/m1/s1. The first-order valence-corrected chi connectivity index (χ1v) is 10.4. The Hall–Kier alpha value is -2.90. The van der Waals surface area contributed by atoms with E-state index < -0.39 is 21.8 Å². The van der Waals surface area contributed by atoms with Gasteiger partial charge in [0.05, 0.1) is 11.0 Å². The van der Waals surface area contributed by atoms with Crippen molar-refractivity contribution in [2.75, 3.05) is 0 Å². The number of carbonyl (C=O) groups excluding carboxylic acids is 1. The predicted molar refractivity (Wildman–Crippen MR) is 104 cm³/mol. The topological polar surface area (TPSA) is 96.6 Å². The first-order valence-electron chi connectivity index (χ1n) is 8.77. The van der Waals surface area contributed by atoms with E-state index in [0.29, 0.717) is 0 Å². The van der Waals surface area contributed by atoms with Crippen molar-refractivity contribution in [2.45, 2.75) is 30.2 Å². The monoisotopic (exact) mass is 399 g/mol. The minimum atomic E-state index is -3.54. The number of aliphatic hydroxyl groups is 1. The van der Waals surface area contributed by atoms with Crippen LogP contribution in [0.4, 0.5) is 0 Å². The molecule has 0 aliphatic heterocycles. The number of furan rings is 1. The van der Waals surface area contributed by atoms with Crippen molar-refractivity contribution in [3.05, 3.63) is 89.4 Å². The van der Waals surface area contributed by atoms with E-state index in [-0.39, 0.29) is 28.7 Å². The highest BCUT2D eigenvalue weighted by Gasteiger charge is 2.19. The van der Waals surface area contributed by atoms with Crippen LogP contribution in [0.15, 0.2) is 76.0 Å². The number of aliphatic hydroxyl groups excluding tert-OH is 1. The number of nitrogens with one attached hydrogen (secondary N) is 1. The van der Waals surface area contributed by atoms with E-state index in [0.717, 1.165) is 11.1 Å². The molecule has 3 rings (SSSR count). The number of benzene rings is 2. The van der Waals surface area contributed by atoms with Gasteiger partial charge in [-0.05, 0) is 42.3 Å². The Balaban J connectivity index is 1.61. The molecule has 1 amide bonds. The number of hydrogen-bond acceptors (Lipinski definition) is 5. The van der Waals surface area contributed by atoms with Gasteiger partial charge in [-0.15, -0.1) is 0 Å². The van der Waals surface area contributed by atoms with Gasteiger partial charge in [-0.25, -0.2) is 8.42 Å². The fraction of sp³-hybridized carbons (Fsp3) is 0.190. The molecule has 0 spiro atoms. The highest BCUT2D eigenvalue weighted by Crippen LogP contribution is 2.18. The lowest BCUT2D eigenvalue weighted by Gasteiger charge is -2.07. The third-order valence-electron chi connectivity index (χ3n) is 4.24. The fourth-order valence-corrected chi connectivity index (χ4v) is 3.93. The van der Waals surface area contributed by atoms with E-state index in [4.69, 9.17) is 4.42 Å². The lowest BCUT2D eigenvalue weighted by molar-refractivity contribution is 0.0921.